The average Bonchev–Trinajstić information content (AvgIpc) is 2.65. The summed E-state index contributed by atoms with van der Waals surface area (Å²) in [4.78, 5) is 17.4. The van der Waals surface area contributed by atoms with Crippen molar-refractivity contribution in [2.24, 2.45) is 5.41 Å². The molecule has 1 atom stereocenters. The van der Waals surface area contributed by atoms with Crippen molar-refractivity contribution in [3.63, 3.8) is 0 Å². The van der Waals surface area contributed by atoms with E-state index in [-0.39, 0.29) is 18.0 Å². The number of hydrogen-bond acceptors (Lipinski definition) is 2. The summed E-state index contributed by atoms with van der Waals surface area (Å²) in [6, 6.07) is 14.8. The van der Waals surface area contributed by atoms with Gasteiger partial charge in [-0.1, -0.05) is 49.4 Å². The molecule has 0 fully saturated rings. The molecule has 0 aliphatic rings. The lowest BCUT2D eigenvalue weighted by Crippen LogP contribution is -2.31. The monoisotopic (exact) mass is 359 g/mol. The van der Waals surface area contributed by atoms with E-state index in [4.69, 9.17) is 6.42 Å². The smallest absolute Gasteiger partial charge is 0.149 e. The van der Waals surface area contributed by atoms with Crippen LogP contribution in [0.15, 0.2) is 54.7 Å². The Morgan fingerprint density at radius 3 is 2.63 bits per heavy atom. The van der Waals surface area contributed by atoms with Crippen molar-refractivity contribution < 1.29 is 9.18 Å². The van der Waals surface area contributed by atoms with Gasteiger partial charge in [0, 0.05) is 29.8 Å². The van der Waals surface area contributed by atoms with Crippen LogP contribution in [0.1, 0.15) is 30.0 Å². The molecule has 0 amide bonds. The summed E-state index contributed by atoms with van der Waals surface area (Å²) >= 11 is 0. The highest BCUT2D eigenvalue weighted by molar-refractivity contribution is 5.90. The number of aryl methyl sites for hydroxylation is 1. The molecule has 2 aromatic carbocycles. The van der Waals surface area contributed by atoms with Gasteiger partial charge < -0.3 is 0 Å². The third kappa shape index (κ3) is 3.90. The molecule has 0 spiro atoms. The van der Waals surface area contributed by atoms with Crippen LogP contribution in [0, 0.1) is 30.5 Å². The molecule has 1 heterocycles. The van der Waals surface area contributed by atoms with Crippen molar-refractivity contribution >= 4 is 16.7 Å². The maximum Gasteiger partial charge on any atom is 0.149 e. The summed E-state index contributed by atoms with van der Waals surface area (Å²) in [5.74, 6) is 2.38. The van der Waals surface area contributed by atoms with Gasteiger partial charge in [0.1, 0.15) is 17.1 Å². The topological polar surface area (TPSA) is 30.0 Å². The molecule has 0 saturated carbocycles. The van der Waals surface area contributed by atoms with Crippen LogP contribution in [0.5, 0.6) is 0 Å². The Hall–Kier alpha value is -2.99. The molecule has 1 unspecified atom stereocenters. The van der Waals surface area contributed by atoms with Crippen molar-refractivity contribution in [3.8, 4) is 12.3 Å². The number of terminal acetylenes is 1. The molecule has 0 radical (unpaired) electrons. The zero-order valence-electron chi connectivity index (χ0n) is 15.6. The quantitative estimate of drug-likeness (QED) is 0.576. The van der Waals surface area contributed by atoms with Crippen LogP contribution >= 0.6 is 0 Å². The van der Waals surface area contributed by atoms with E-state index in [0.29, 0.717) is 18.4 Å². The Balaban J connectivity index is 1.91. The van der Waals surface area contributed by atoms with E-state index in [9.17, 15) is 9.18 Å². The summed E-state index contributed by atoms with van der Waals surface area (Å²) in [6.07, 6.45) is 8.36. The first-order chi connectivity index (χ1) is 12.9. The number of fused-ring (bicyclic) bond motifs is 1. The molecule has 3 heteroatoms. The van der Waals surface area contributed by atoms with Gasteiger partial charge in [0.15, 0.2) is 0 Å². The summed E-state index contributed by atoms with van der Waals surface area (Å²) in [5, 5.41) is 0.738. The van der Waals surface area contributed by atoms with Gasteiger partial charge in [-0.3, -0.25) is 9.78 Å². The van der Waals surface area contributed by atoms with Crippen molar-refractivity contribution in [1.29, 1.82) is 0 Å². The number of halogens is 1. The number of carbonyl (C=O) groups excluding carboxylic acids is 1. The molecule has 27 heavy (non-hydrogen) atoms. The van der Waals surface area contributed by atoms with Gasteiger partial charge in [-0.2, -0.15) is 0 Å². The van der Waals surface area contributed by atoms with Gasteiger partial charge in [-0.25, -0.2) is 4.39 Å². The second-order valence-electron chi connectivity index (χ2n) is 7.25. The number of aromatic nitrogens is 1. The average molecular weight is 359 g/mol. The summed E-state index contributed by atoms with van der Waals surface area (Å²) in [7, 11) is 0. The van der Waals surface area contributed by atoms with Crippen LogP contribution in [0.4, 0.5) is 4.39 Å². The van der Waals surface area contributed by atoms with Crippen LogP contribution in [-0.2, 0) is 17.6 Å². The van der Waals surface area contributed by atoms with Gasteiger partial charge in [0.05, 0.1) is 0 Å². The van der Waals surface area contributed by atoms with E-state index in [2.05, 4.69) is 10.9 Å². The standard InChI is InChI=1S/C24H22FNO/c1-4-13-24(3,15-18-9-6-5-7-10-18)22(27)14-19-16-26-23-20(17(19)2)11-8-12-21(23)25/h1,5-12,16H,13-15H2,2-3H3. The van der Waals surface area contributed by atoms with E-state index in [1.165, 1.54) is 6.07 Å². The summed E-state index contributed by atoms with van der Waals surface area (Å²) < 4.78 is 13.9. The van der Waals surface area contributed by atoms with E-state index < -0.39 is 5.41 Å². The zero-order chi connectivity index (χ0) is 19.4. The SMILES string of the molecule is C#CCC(C)(Cc1ccccc1)C(=O)Cc1cnc2c(F)cccc2c1C. The van der Waals surface area contributed by atoms with Crippen LogP contribution < -0.4 is 0 Å². The molecule has 0 bridgehead atoms. The highest BCUT2D eigenvalue weighted by Gasteiger charge is 2.32. The van der Waals surface area contributed by atoms with Crippen molar-refractivity contribution in [3.05, 3.63) is 77.2 Å². The molecule has 0 saturated heterocycles. The fraction of sp³-hybridized carbons (Fsp3) is 0.250. The lowest BCUT2D eigenvalue weighted by Gasteiger charge is -2.26. The van der Waals surface area contributed by atoms with Gasteiger partial charge in [-0.05, 0) is 36.1 Å². The van der Waals surface area contributed by atoms with Crippen LogP contribution in [0.2, 0.25) is 0 Å². The number of rotatable bonds is 6. The molecular formula is C24H22FNO. The number of hydrogen-bond donors (Lipinski definition) is 0. The van der Waals surface area contributed by atoms with E-state index in [0.717, 1.165) is 22.1 Å². The predicted octanol–water partition coefficient (Wildman–Crippen LogP) is 5.07. The molecule has 3 aromatic rings. The maximum atomic E-state index is 13.9. The summed E-state index contributed by atoms with van der Waals surface area (Å²) in [5.41, 5.74) is 2.46. The van der Waals surface area contributed by atoms with E-state index >= 15 is 0 Å². The van der Waals surface area contributed by atoms with Crippen molar-refractivity contribution in [2.45, 2.75) is 33.1 Å². The second-order valence-corrected chi connectivity index (χ2v) is 7.25. The Bertz CT molecular complexity index is 1020. The van der Waals surface area contributed by atoms with Gasteiger partial charge in [0.25, 0.3) is 0 Å². The highest BCUT2D eigenvalue weighted by Crippen LogP contribution is 2.31. The largest absolute Gasteiger partial charge is 0.299 e. The highest BCUT2D eigenvalue weighted by atomic mass is 19.1. The van der Waals surface area contributed by atoms with E-state index in [1.807, 2.05) is 50.2 Å². The van der Waals surface area contributed by atoms with Crippen molar-refractivity contribution in [2.75, 3.05) is 0 Å². The fourth-order valence-corrected chi connectivity index (χ4v) is 3.46. The second kappa shape index (κ2) is 7.72. The van der Waals surface area contributed by atoms with Crippen LogP contribution in [-0.4, -0.2) is 10.8 Å². The Labute approximate surface area is 159 Å². The van der Waals surface area contributed by atoms with Gasteiger partial charge in [-0.15, -0.1) is 12.3 Å². The fourth-order valence-electron chi connectivity index (χ4n) is 3.46. The van der Waals surface area contributed by atoms with Gasteiger partial charge >= 0.3 is 0 Å². The molecule has 136 valence electrons. The number of carbonyl (C=O) groups is 1. The molecule has 0 N–H and O–H groups in total. The number of Topliss-reactive ketones (excluding diaryl/α,β-unsaturated/α-hetero) is 1. The van der Waals surface area contributed by atoms with Crippen LogP contribution in [0.3, 0.4) is 0 Å². The lowest BCUT2D eigenvalue weighted by molar-refractivity contribution is -0.127. The Morgan fingerprint density at radius 1 is 1.19 bits per heavy atom. The summed E-state index contributed by atoms with van der Waals surface area (Å²) in [6.45, 7) is 3.83. The van der Waals surface area contributed by atoms with Crippen molar-refractivity contribution in [1.82, 2.24) is 4.98 Å². The Morgan fingerprint density at radius 2 is 1.93 bits per heavy atom. The number of pyridine rings is 1. The minimum absolute atomic E-state index is 0.0740. The lowest BCUT2D eigenvalue weighted by atomic mass is 9.75. The zero-order valence-corrected chi connectivity index (χ0v) is 15.6. The molecule has 3 rings (SSSR count). The predicted molar refractivity (Wildman–Crippen MR) is 107 cm³/mol. The number of benzene rings is 2. The normalized spacial score (nSPS) is 13.1. The molecule has 0 aliphatic heterocycles. The minimum atomic E-state index is -0.653. The third-order valence-electron chi connectivity index (χ3n) is 5.18. The minimum Gasteiger partial charge on any atom is -0.299 e. The maximum absolute atomic E-state index is 13.9. The first-order valence-electron chi connectivity index (χ1n) is 8.98. The molecule has 2 nitrogen and oxygen atoms in total. The van der Waals surface area contributed by atoms with Gasteiger partial charge in [0.2, 0.25) is 0 Å². The molecule has 1 aromatic heterocycles. The number of ketones is 1. The first kappa shape index (κ1) is 18.8. The number of nitrogens with zero attached hydrogens (tertiary/aromatic N) is 1. The molecule has 0 aliphatic carbocycles. The number of para-hydroxylation sites is 1. The Kier molecular flexibility index (Phi) is 5.37. The van der Waals surface area contributed by atoms with E-state index in [1.54, 1.807) is 12.3 Å². The van der Waals surface area contributed by atoms with Crippen LogP contribution in [0.25, 0.3) is 10.9 Å². The molecular weight excluding hydrogens is 337 g/mol. The third-order valence-corrected chi connectivity index (χ3v) is 5.18. The first-order valence-corrected chi connectivity index (χ1v) is 8.98.